The number of amides is 1. The summed E-state index contributed by atoms with van der Waals surface area (Å²) in [6, 6.07) is 0.193. The summed E-state index contributed by atoms with van der Waals surface area (Å²) in [6.07, 6.45) is -0.295. The molecule has 1 N–H and O–H groups in total. The minimum Gasteiger partial charge on any atom is -0.339 e. The molecule has 0 radical (unpaired) electrons. The van der Waals surface area contributed by atoms with Crippen molar-refractivity contribution in [2.75, 3.05) is 19.6 Å². The Morgan fingerprint density at radius 2 is 2.13 bits per heavy atom. The molecule has 0 aromatic heterocycles. The summed E-state index contributed by atoms with van der Waals surface area (Å²) in [5.41, 5.74) is -1.43. The summed E-state index contributed by atoms with van der Waals surface area (Å²) in [5.74, 6) is -3.18. The van der Waals surface area contributed by atoms with Crippen LogP contribution in [0.1, 0.15) is 20.3 Å². The second-order valence-electron chi connectivity index (χ2n) is 4.82. The number of rotatable bonds is 1. The molecule has 0 spiro atoms. The summed E-state index contributed by atoms with van der Waals surface area (Å²) in [5, 5.41) is 3.18. The molecule has 2 fully saturated rings. The van der Waals surface area contributed by atoms with Gasteiger partial charge in [-0.05, 0) is 13.8 Å². The van der Waals surface area contributed by atoms with Crippen molar-refractivity contribution in [2.45, 2.75) is 32.2 Å². The molecule has 1 saturated carbocycles. The van der Waals surface area contributed by atoms with Crippen LogP contribution in [0.3, 0.4) is 0 Å². The lowest BCUT2D eigenvalue weighted by atomic mass is 10.1. The van der Waals surface area contributed by atoms with E-state index in [1.165, 1.54) is 6.92 Å². The molecule has 1 unspecified atom stereocenters. The minimum absolute atomic E-state index is 0.193. The van der Waals surface area contributed by atoms with Gasteiger partial charge in [-0.25, -0.2) is 8.78 Å². The Morgan fingerprint density at radius 3 is 2.60 bits per heavy atom. The van der Waals surface area contributed by atoms with E-state index in [0.29, 0.717) is 19.6 Å². The van der Waals surface area contributed by atoms with Crippen molar-refractivity contribution in [3.63, 3.8) is 0 Å². The van der Waals surface area contributed by atoms with E-state index < -0.39 is 11.3 Å². The Hall–Kier alpha value is -0.710. The van der Waals surface area contributed by atoms with Gasteiger partial charge in [-0.15, -0.1) is 0 Å². The quantitative estimate of drug-likeness (QED) is 0.707. The smallest absolute Gasteiger partial charge is 0.263 e. The van der Waals surface area contributed by atoms with Crippen LogP contribution in [-0.2, 0) is 4.79 Å². The van der Waals surface area contributed by atoms with Gasteiger partial charge >= 0.3 is 0 Å². The zero-order valence-electron chi connectivity index (χ0n) is 9.02. The van der Waals surface area contributed by atoms with Crippen molar-refractivity contribution in [3.8, 4) is 0 Å². The van der Waals surface area contributed by atoms with E-state index in [9.17, 15) is 13.6 Å². The zero-order chi connectivity index (χ0) is 11.3. The second kappa shape index (κ2) is 3.14. The molecule has 0 aromatic carbocycles. The molecule has 1 heterocycles. The van der Waals surface area contributed by atoms with Gasteiger partial charge in [0.15, 0.2) is 0 Å². The number of nitrogens with zero attached hydrogens (tertiary/aromatic N) is 1. The standard InChI is InChI=1S/C10H16F2N2O/c1-7-5-14(4-3-13-7)8(15)9(2)6-10(9,11)12/h7,13H,3-6H2,1-2H3/t7-,9?/m1/s1. The van der Waals surface area contributed by atoms with Gasteiger partial charge in [0.2, 0.25) is 5.91 Å². The first-order valence-electron chi connectivity index (χ1n) is 5.27. The van der Waals surface area contributed by atoms with E-state index in [0.717, 1.165) is 0 Å². The number of alkyl halides is 2. The van der Waals surface area contributed by atoms with E-state index >= 15 is 0 Å². The maximum Gasteiger partial charge on any atom is 0.263 e. The molecular formula is C10H16F2N2O. The number of halogens is 2. The van der Waals surface area contributed by atoms with Crippen molar-refractivity contribution in [1.29, 1.82) is 0 Å². The third kappa shape index (κ3) is 1.62. The Bertz CT molecular complexity index is 295. The summed E-state index contributed by atoms with van der Waals surface area (Å²) in [4.78, 5) is 13.4. The van der Waals surface area contributed by atoms with Crippen LogP contribution in [0.15, 0.2) is 0 Å². The first kappa shape index (κ1) is 10.8. The molecular weight excluding hydrogens is 202 g/mol. The van der Waals surface area contributed by atoms with E-state index in [1.54, 1.807) is 4.90 Å². The maximum absolute atomic E-state index is 13.0. The van der Waals surface area contributed by atoms with Gasteiger partial charge < -0.3 is 10.2 Å². The molecule has 0 bridgehead atoms. The number of nitrogens with one attached hydrogen (secondary N) is 1. The third-order valence-electron chi connectivity index (χ3n) is 3.39. The minimum atomic E-state index is -2.79. The number of hydrogen-bond donors (Lipinski definition) is 1. The van der Waals surface area contributed by atoms with Crippen molar-refractivity contribution in [3.05, 3.63) is 0 Å². The van der Waals surface area contributed by atoms with Gasteiger partial charge in [0.1, 0.15) is 5.41 Å². The second-order valence-corrected chi connectivity index (χ2v) is 4.82. The average Bonchev–Trinajstić information content (AvgIpc) is 2.66. The first-order valence-corrected chi connectivity index (χ1v) is 5.27. The van der Waals surface area contributed by atoms with E-state index in [2.05, 4.69) is 5.32 Å². The highest BCUT2D eigenvalue weighted by Crippen LogP contribution is 2.61. The first-order chi connectivity index (χ1) is 6.87. The SMILES string of the molecule is C[C@@H]1CN(C(=O)C2(C)CC2(F)F)CCN1. The van der Waals surface area contributed by atoms with Crippen LogP contribution in [0, 0.1) is 5.41 Å². The molecule has 1 aliphatic carbocycles. The topological polar surface area (TPSA) is 32.3 Å². The highest BCUT2D eigenvalue weighted by molar-refractivity contribution is 5.87. The zero-order valence-corrected chi connectivity index (χ0v) is 9.02. The number of carbonyl (C=O) groups excluding carboxylic acids is 1. The summed E-state index contributed by atoms with van der Waals surface area (Å²) < 4.78 is 26.0. The molecule has 5 heteroatoms. The average molecular weight is 218 g/mol. The van der Waals surface area contributed by atoms with Crippen LogP contribution in [0.25, 0.3) is 0 Å². The fourth-order valence-electron chi connectivity index (χ4n) is 2.10. The van der Waals surface area contributed by atoms with Crippen LogP contribution in [0.2, 0.25) is 0 Å². The highest BCUT2D eigenvalue weighted by atomic mass is 19.3. The van der Waals surface area contributed by atoms with Crippen LogP contribution in [0.5, 0.6) is 0 Å². The molecule has 3 nitrogen and oxygen atoms in total. The fraction of sp³-hybridized carbons (Fsp3) is 0.900. The molecule has 2 atom stereocenters. The fourth-order valence-corrected chi connectivity index (χ4v) is 2.10. The van der Waals surface area contributed by atoms with Gasteiger partial charge in [0.25, 0.3) is 5.92 Å². The molecule has 2 rings (SSSR count). The van der Waals surface area contributed by atoms with Gasteiger partial charge in [-0.1, -0.05) is 0 Å². The molecule has 15 heavy (non-hydrogen) atoms. The van der Waals surface area contributed by atoms with Gasteiger partial charge in [-0.3, -0.25) is 4.79 Å². The van der Waals surface area contributed by atoms with Crippen molar-refractivity contribution in [2.24, 2.45) is 5.41 Å². The largest absolute Gasteiger partial charge is 0.339 e. The summed E-state index contributed by atoms with van der Waals surface area (Å²) >= 11 is 0. The van der Waals surface area contributed by atoms with Crippen LogP contribution in [-0.4, -0.2) is 42.4 Å². The number of carbonyl (C=O) groups is 1. The van der Waals surface area contributed by atoms with E-state index in [1.807, 2.05) is 6.92 Å². The normalized spacial score (nSPS) is 38.9. The Morgan fingerprint density at radius 1 is 1.53 bits per heavy atom. The van der Waals surface area contributed by atoms with Crippen LogP contribution in [0.4, 0.5) is 8.78 Å². The summed E-state index contributed by atoms with van der Waals surface area (Å²) in [7, 11) is 0. The number of piperazine rings is 1. The highest BCUT2D eigenvalue weighted by Gasteiger charge is 2.73. The molecule has 0 aromatic rings. The van der Waals surface area contributed by atoms with Crippen molar-refractivity contribution < 1.29 is 13.6 Å². The molecule has 2 aliphatic rings. The predicted molar refractivity (Wildman–Crippen MR) is 51.7 cm³/mol. The van der Waals surface area contributed by atoms with E-state index in [-0.39, 0.29) is 18.4 Å². The number of hydrogen-bond acceptors (Lipinski definition) is 2. The molecule has 1 amide bonds. The van der Waals surface area contributed by atoms with Gasteiger partial charge in [0.05, 0.1) is 0 Å². The van der Waals surface area contributed by atoms with Crippen LogP contribution >= 0.6 is 0 Å². The van der Waals surface area contributed by atoms with Crippen molar-refractivity contribution >= 4 is 5.91 Å². The monoisotopic (exact) mass is 218 g/mol. The van der Waals surface area contributed by atoms with Gasteiger partial charge in [-0.2, -0.15) is 0 Å². The molecule has 86 valence electrons. The lowest BCUT2D eigenvalue weighted by Gasteiger charge is -2.33. The Balaban J connectivity index is 2.03. The lowest BCUT2D eigenvalue weighted by Crippen LogP contribution is -2.53. The lowest BCUT2D eigenvalue weighted by molar-refractivity contribution is -0.141. The third-order valence-corrected chi connectivity index (χ3v) is 3.39. The Kier molecular flexibility index (Phi) is 2.26. The van der Waals surface area contributed by atoms with Gasteiger partial charge in [0, 0.05) is 32.1 Å². The molecule has 1 saturated heterocycles. The molecule has 1 aliphatic heterocycles. The van der Waals surface area contributed by atoms with Crippen molar-refractivity contribution in [1.82, 2.24) is 10.2 Å². The van der Waals surface area contributed by atoms with E-state index in [4.69, 9.17) is 0 Å². The predicted octanol–water partition coefficient (Wildman–Crippen LogP) is 0.852. The Labute approximate surface area is 87.8 Å². The summed E-state index contributed by atoms with van der Waals surface area (Å²) in [6.45, 7) is 5.07. The van der Waals surface area contributed by atoms with Crippen LogP contribution < -0.4 is 5.32 Å². The maximum atomic E-state index is 13.0.